The second-order valence-electron chi connectivity index (χ2n) is 4.91. The highest BCUT2D eigenvalue weighted by Gasteiger charge is 2.26. The summed E-state index contributed by atoms with van der Waals surface area (Å²) in [6, 6.07) is 1.05. The van der Waals surface area contributed by atoms with Crippen LogP contribution in [0.25, 0.3) is 0 Å². The molecule has 3 atom stereocenters. The summed E-state index contributed by atoms with van der Waals surface area (Å²) in [7, 11) is 0. The minimum Gasteiger partial charge on any atom is -0.396 e. The maximum atomic E-state index is 9.39. The van der Waals surface area contributed by atoms with Crippen molar-refractivity contribution < 1.29 is 9.84 Å². The molecular weight excluding hydrogens is 190 g/mol. The van der Waals surface area contributed by atoms with Crippen LogP contribution < -0.4 is 5.32 Å². The van der Waals surface area contributed by atoms with E-state index in [0.29, 0.717) is 24.6 Å². The molecule has 1 aliphatic carbocycles. The molecule has 3 heteroatoms. The van der Waals surface area contributed by atoms with Gasteiger partial charge in [0.25, 0.3) is 0 Å². The van der Waals surface area contributed by atoms with Crippen molar-refractivity contribution >= 4 is 0 Å². The summed E-state index contributed by atoms with van der Waals surface area (Å²) in [5.41, 5.74) is 0. The molecule has 1 aliphatic heterocycles. The Bertz CT molecular complexity index is 180. The van der Waals surface area contributed by atoms with Crippen LogP contribution in [0.5, 0.6) is 0 Å². The first-order valence-electron chi connectivity index (χ1n) is 6.35. The van der Waals surface area contributed by atoms with Crippen molar-refractivity contribution in [1.82, 2.24) is 5.32 Å². The van der Waals surface area contributed by atoms with E-state index >= 15 is 0 Å². The average molecular weight is 213 g/mol. The third-order valence-electron chi connectivity index (χ3n) is 3.77. The van der Waals surface area contributed by atoms with E-state index in [1.807, 2.05) is 0 Å². The van der Waals surface area contributed by atoms with Gasteiger partial charge in [0.05, 0.1) is 6.61 Å². The molecule has 15 heavy (non-hydrogen) atoms. The molecule has 2 N–H and O–H groups in total. The van der Waals surface area contributed by atoms with Crippen LogP contribution in [0.2, 0.25) is 0 Å². The third-order valence-corrected chi connectivity index (χ3v) is 3.77. The maximum absolute atomic E-state index is 9.39. The average Bonchev–Trinajstić information content (AvgIpc) is 2.64. The molecule has 2 fully saturated rings. The van der Waals surface area contributed by atoms with Crippen LogP contribution in [0.3, 0.4) is 0 Å². The van der Waals surface area contributed by atoms with Gasteiger partial charge in [-0.25, -0.2) is 0 Å². The molecule has 3 unspecified atom stereocenters. The lowest BCUT2D eigenvalue weighted by molar-refractivity contribution is 0.161. The number of rotatable bonds is 3. The zero-order chi connectivity index (χ0) is 10.5. The smallest absolute Gasteiger partial charge is 0.0620 e. The van der Waals surface area contributed by atoms with Gasteiger partial charge in [0.2, 0.25) is 0 Å². The molecule has 0 aromatic carbocycles. The normalized spacial score (nSPS) is 37.8. The second kappa shape index (κ2) is 5.83. The summed E-state index contributed by atoms with van der Waals surface area (Å²) in [4.78, 5) is 0. The van der Waals surface area contributed by atoms with E-state index in [2.05, 4.69) is 5.32 Å². The summed E-state index contributed by atoms with van der Waals surface area (Å²) in [6.07, 6.45) is 7.46. The Morgan fingerprint density at radius 2 is 2.00 bits per heavy atom. The summed E-state index contributed by atoms with van der Waals surface area (Å²) in [5.74, 6) is 0.466. The van der Waals surface area contributed by atoms with Crippen LogP contribution in [-0.4, -0.2) is 37.0 Å². The van der Waals surface area contributed by atoms with Crippen molar-refractivity contribution in [2.24, 2.45) is 5.92 Å². The highest BCUT2D eigenvalue weighted by molar-refractivity contribution is 4.83. The Morgan fingerprint density at radius 1 is 1.13 bits per heavy atom. The van der Waals surface area contributed by atoms with E-state index in [1.165, 1.54) is 32.1 Å². The van der Waals surface area contributed by atoms with Gasteiger partial charge in [0.1, 0.15) is 0 Å². The number of aliphatic hydroxyl groups excluding tert-OH is 1. The zero-order valence-corrected chi connectivity index (χ0v) is 9.45. The number of nitrogens with one attached hydrogen (secondary N) is 1. The van der Waals surface area contributed by atoms with Crippen LogP contribution in [0.4, 0.5) is 0 Å². The van der Waals surface area contributed by atoms with Crippen molar-refractivity contribution in [2.75, 3.05) is 19.8 Å². The van der Waals surface area contributed by atoms with Crippen molar-refractivity contribution in [3.05, 3.63) is 0 Å². The largest absolute Gasteiger partial charge is 0.396 e. The van der Waals surface area contributed by atoms with Gasteiger partial charge in [0.15, 0.2) is 0 Å². The monoisotopic (exact) mass is 213 g/mol. The molecule has 0 radical (unpaired) electrons. The Hall–Kier alpha value is -0.120. The summed E-state index contributed by atoms with van der Waals surface area (Å²) >= 11 is 0. The van der Waals surface area contributed by atoms with Crippen molar-refractivity contribution in [3.8, 4) is 0 Å². The minimum absolute atomic E-state index is 0.339. The molecule has 88 valence electrons. The molecule has 0 bridgehead atoms. The number of ether oxygens (including phenoxy) is 1. The molecule has 1 heterocycles. The molecule has 0 amide bonds. The predicted octanol–water partition coefficient (Wildman–Crippen LogP) is 1.31. The Kier molecular flexibility index (Phi) is 4.42. The van der Waals surface area contributed by atoms with Gasteiger partial charge < -0.3 is 15.2 Å². The van der Waals surface area contributed by atoms with Crippen molar-refractivity contribution in [1.29, 1.82) is 0 Å². The van der Waals surface area contributed by atoms with Gasteiger partial charge >= 0.3 is 0 Å². The first kappa shape index (κ1) is 11.4. The first-order valence-corrected chi connectivity index (χ1v) is 6.35. The Morgan fingerprint density at radius 3 is 2.73 bits per heavy atom. The molecule has 0 spiro atoms. The fourth-order valence-electron chi connectivity index (χ4n) is 2.79. The lowest BCUT2D eigenvalue weighted by atomic mass is 9.95. The molecule has 2 rings (SSSR count). The van der Waals surface area contributed by atoms with Gasteiger partial charge in [0, 0.05) is 25.3 Å². The van der Waals surface area contributed by atoms with Gasteiger partial charge in [-0.05, 0) is 25.2 Å². The molecule has 2 aliphatic rings. The molecule has 1 saturated heterocycles. The Balaban J connectivity index is 1.85. The van der Waals surface area contributed by atoms with Gasteiger partial charge in [-0.1, -0.05) is 19.3 Å². The molecule has 3 nitrogen and oxygen atoms in total. The van der Waals surface area contributed by atoms with Crippen molar-refractivity contribution in [2.45, 2.75) is 50.6 Å². The van der Waals surface area contributed by atoms with E-state index < -0.39 is 0 Å². The van der Waals surface area contributed by atoms with Gasteiger partial charge in [-0.15, -0.1) is 0 Å². The Labute approximate surface area is 92.2 Å². The first-order chi connectivity index (χ1) is 7.40. The van der Waals surface area contributed by atoms with Crippen LogP contribution in [-0.2, 0) is 4.74 Å². The highest BCUT2D eigenvalue weighted by atomic mass is 16.5. The minimum atomic E-state index is 0.339. The summed E-state index contributed by atoms with van der Waals surface area (Å²) in [6.45, 7) is 2.09. The predicted molar refractivity (Wildman–Crippen MR) is 59.8 cm³/mol. The lowest BCUT2D eigenvalue weighted by Gasteiger charge is -2.27. The molecule has 1 saturated carbocycles. The number of hydrogen-bond acceptors (Lipinski definition) is 3. The van der Waals surface area contributed by atoms with Gasteiger partial charge in [-0.3, -0.25) is 0 Å². The maximum Gasteiger partial charge on any atom is 0.0620 e. The van der Waals surface area contributed by atoms with Crippen LogP contribution in [0, 0.1) is 5.92 Å². The van der Waals surface area contributed by atoms with E-state index in [9.17, 15) is 5.11 Å². The summed E-state index contributed by atoms with van der Waals surface area (Å²) in [5, 5.41) is 13.1. The van der Waals surface area contributed by atoms with E-state index in [0.717, 1.165) is 19.6 Å². The van der Waals surface area contributed by atoms with Crippen LogP contribution in [0.15, 0.2) is 0 Å². The van der Waals surface area contributed by atoms with Crippen molar-refractivity contribution in [3.63, 3.8) is 0 Å². The fourth-order valence-corrected chi connectivity index (χ4v) is 2.79. The molecular formula is C12H23NO2. The quantitative estimate of drug-likeness (QED) is 0.694. The van der Waals surface area contributed by atoms with Gasteiger partial charge in [-0.2, -0.15) is 0 Å². The lowest BCUT2D eigenvalue weighted by Crippen LogP contribution is -2.43. The fraction of sp³-hybridized carbons (Fsp3) is 1.00. The van der Waals surface area contributed by atoms with E-state index in [1.54, 1.807) is 0 Å². The number of aliphatic hydroxyl groups is 1. The van der Waals surface area contributed by atoms with E-state index in [-0.39, 0.29) is 0 Å². The summed E-state index contributed by atoms with van der Waals surface area (Å²) < 4.78 is 5.37. The standard InChI is InChI=1S/C12H23NO2/c14-8-10-4-2-1-3-5-12(10)13-11-6-7-15-9-11/h10-14H,1-9H2. The molecule has 0 aromatic heterocycles. The third kappa shape index (κ3) is 3.16. The van der Waals surface area contributed by atoms with E-state index in [4.69, 9.17) is 4.74 Å². The second-order valence-corrected chi connectivity index (χ2v) is 4.91. The molecule has 0 aromatic rings. The SMILES string of the molecule is OCC1CCCCCC1NC1CCOC1. The van der Waals surface area contributed by atoms with Crippen LogP contribution >= 0.6 is 0 Å². The number of hydrogen-bond donors (Lipinski definition) is 2. The topological polar surface area (TPSA) is 41.5 Å². The zero-order valence-electron chi connectivity index (χ0n) is 9.45. The van der Waals surface area contributed by atoms with Crippen LogP contribution in [0.1, 0.15) is 38.5 Å². The highest BCUT2D eigenvalue weighted by Crippen LogP contribution is 2.24.